The lowest BCUT2D eigenvalue weighted by Crippen LogP contribution is -2.19. The molecule has 0 fully saturated rings. The molecule has 1 aromatic carbocycles. The van der Waals surface area contributed by atoms with Crippen LogP contribution in [0.25, 0.3) is 0 Å². The molecule has 2 aromatic rings. The molecule has 0 aliphatic heterocycles. The molecule has 4 N–H and O–H groups in total. The van der Waals surface area contributed by atoms with Crippen molar-refractivity contribution in [2.75, 3.05) is 16.4 Å². The molecule has 0 aliphatic carbocycles. The Labute approximate surface area is 109 Å². The number of urea groups is 1. The highest BCUT2D eigenvalue weighted by Crippen LogP contribution is 2.21. The summed E-state index contributed by atoms with van der Waals surface area (Å²) in [5.74, 6) is 0. The van der Waals surface area contributed by atoms with Crippen LogP contribution in [-0.4, -0.2) is 11.0 Å². The molecule has 0 atom stereocenters. The third-order valence-electron chi connectivity index (χ3n) is 2.42. The third-order valence-corrected chi connectivity index (χ3v) is 3.41. The first-order valence-corrected chi connectivity index (χ1v) is 6.24. The molecule has 1 heterocycles. The minimum atomic E-state index is -0.312. The molecule has 0 saturated heterocycles. The van der Waals surface area contributed by atoms with Crippen LogP contribution in [-0.2, 0) is 0 Å². The maximum absolute atomic E-state index is 11.7. The molecule has 0 saturated carbocycles. The van der Waals surface area contributed by atoms with E-state index in [0.29, 0.717) is 16.5 Å². The van der Waals surface area contributed by atoms with Gasteiger partial charge in [-0.05, 0) is 38.1 Å². The van der Waals surface area contributed by atoms with Crippen molar-refractivity contribution >= 4 is 33.9 Å². The molecule has 0 spiro atoms. The molecule has 0 radical (unpaired) electrons. The zero-order chi connectivity index (χ0) is 13.1. The minimum Gasteiger partial charge on any atom is -0.399 e. The highest BCUT2D eigenvalue weighted by Gasteiger charge is 2.07. The molecule has 0 aliphatic rings. The molecule has 6 heteroatoms. The topological polar surface area (TPSA) is 80.0 Å². The van der Waals surface area contributed by atoms with Crippen LogP contribution < -0.4 is 16.4 Å². The zero-order valence-corrected chi connectivity index (χ0v) is 11.0. The summed E-state index contributed by atoms with van der Waals surface area (Å²) in [4.78, 5) is 17.0. The van der Waals surface area contributed by atoms with Crippen molar-refractivity contribution in [2.45, 2.75) is 13.8 Å². The van der Waals surface area contributed by atoms with Crippen LogP contribution >= 0.6 is 11.3 Å². The average Bonchev–Trinajstić information content (AvgIpc) is 2.61. The smallest absolute Gasteiger partial charge is 0.325 e. The van der Waals surface area contributed by atoms with Gasteiger partial charge in [-0.25, -0.2) is 9.78 Å². The summed E-state index contributed by atoms with van der Waals surface area (Å²) >= 11 is 1.45. The van der Waals surface area contributed by atoms with Gasteiger partial charge < -0.3 is 11.1 Å². The van der Waals surface area contributed by atoms with Crippen molar-refractivity contribution in [1.82, 2.24) is 4.98 Å². The van der Waals surface area contributed by atoms with E-state index in [1.807, 2.05) is 13.8 Å². The highest BCUT2D eigenvalue weighted by molar-refractivity contribution is 7.15. The Bertz CT molecular complexity index is 542. The minimum absolute atomic E-state index is 0.312. The van der Waals surface area contributed by atoms with E-state index in [9.17, 15) is 4.79 Å². The molecule has 94 valence electrons. The van der Waals surface area contributed by atoms with Crippen LogP contribution in [0.15, 0.2) is 24.3 Å². The Morgan fingerprint density at radius 2 is 1.89 bits per heavy atom. The van der Waals surface area contributed by atoms with E-state index >= 15 is 0 Å². The number of hydrogen-bond acceptors (Lipinski definition) is 4. The predicted octanol–water partition coefficient (Wildman–Crippen LogP) is 2.99. The Morgan fingerprint density at radius 3 is 2.44 bits per heavy atom. The van der Waals surface area contributed by atoms with Gasteiger partial charge in [0, 0.05) is 16.3 Å². The molecule has 1 aromatic heterocycles. The third kappa shape index (κ3) is 2.98. The summed E-state index contributed by atoms with van der Waals surface area (Å²) < 4.78 is 0. The summed E-state index contributed by atoms with van der Waals surface area (Å²) in [5, 5.41) is 6.00. The van der Waals surface area contributed by atoms with Crippen molar-refractivity contribution in [1.29, 1.82) is 0 Å². The number of nitrogens with two attached hydrogens (primary N) is 1. The second kappa shape index (κ2) is 5.05. The van der Waals surface area contributed by atoms with Gasteiger partial charge in [0.1, 0.15) is 0 Å². The van der Waals surface area contributed by atoms with E-state index in [0.717, 1.165) is 10.6 Å². The van der Waals surface area contributed by atoms with E-state index in [4.69, 9.17) is 5.73 Å². The first kappa shape index (κ1) is 12.4. The number of benzene rings is 1. The Kier molecular flexibility index (Phi) is 3.47. The average molecular weight is 262 g/mol. The van der Waals surface area contributed by atoms with Crippen molar-refractivity contribution in [3.05, 3.63) is 34.8 Å². The quantitative estimate of drug-likeness (QED) is 0.728. The second-order valence-corrected chi connectivity index (χ2v) is 5.06. The fraction of sp³-hybridized carbons (Fsp3) is 0.167. The predicted molar refractivity (Wildman–Crippen MR) is 75.1 cm³/mol. The number of anilines is 3. The van der Waals surface area contributed by atoms with Crippen LogP contribution in [0.4, 0.5) is 21.3 Å². The second-order valence-electron chi connectivity index (χ2n) is 3.86. The zero-order valence-electron chi connectivity index (χ0n) is 10.2. The molecular weight excluding hydrogens is 248 g/mol. The monoisotopic (exact) mass is 262 g/mol. The van der Waals surface area contributed by atoms with E-state index in [1.165, 1.54) is 11.3 Å². The number of hydrogen-bond donors (Lipinski definition) is 3. The number of aryl methyl sites for hydroxylation is 2. The molecule has 5 nitrogen and oxygen atoms in total. The largest absolute Gasteiger partial charge is 0.399 e. The van der Waals surface area contributed by atoms with E-state index in [1.54, 1.807) is 24.3 Å². The Balaban J connectivity index is 1.98. The molecular formula is C12H14N4OS. The lowest BCUT2D eigenvalue weighted by atomic mass is 10.3. The lowest BCUT2D eigenvalue weighted by molar-refractivity contribution is 0.262. The fourth-order valence-electron chi connectivity index (χ4n) is 1.35. The molecule has 2 amide bonds. The van der Waals surface area contributed by atoms with Crippen molar-refractivity contribution in [3.8, 4) is 0 Å². The normalized spacial score (nSPS) is 10.1. The number of rotatable bonds is 2. The number of nitrogens with zero attached hydrogens (tertiary/aromatic N) is 1. The summed E-state index contributed by atoms with van der Waals surface area (Å²) in [6.45, 7) is 3.88. The number of aromatic nitrogens is 1. The van der Waals surface area contributed by atoms with Gasteiger partial charge in [0.2, 0.25) is 0 Å². The van der Waals surface area contributed by atoms with Gasteiger partial charge in [0.15, 0.2) is 5.13 Å². The number of carbonyl (C=O) groups excluding carboxylic acids is 1. The standard InChI is InChI=1S/C12H14N4OS/c1-7-8(2)18-12(14-7)16-11(17)15-10-5-3-9(13)4-6-10/h3-6H,13H2,1-2H3,(H2,14,15,16,17). The summed E-state index contributed by atoms with van der Waals surface area (Å²) in [6, 6.07) is 6.63. The van der Waals surface area contributed by atoms with Crippen LogP contribution in [0.5, 0.6) is 0 Å². The summed E-state index contributed by atoms with van der Waals surface area (Å²) in [7, 11) is 0. The lowest BCUT2D eigenvalue weighted by Gasteiger charge is -2.05. The summed E-state index contributed by atoms with van der Waals surface area (Å²) in [5.41, 5.74) is 7.84. The van der Waals surface area contributed by atoms with Crippen LogP contribution in [0.1, 0.15) is 10.6 Å². The first-order valence-electron chi connectivity index (χ1n) is 5.42. The van der Waals surface area contributed by atoms with E-state index < -0.39 is 0 Å². The van der Waals surface area contributed by atoms with Gasteiger partial charge in [-0.3, -0.25) is 5.32 Å². The molecule has 0 unspecified atom stereocenters. The maximum Gasteiger partial charge on any atom is 0.325 e. The maximum atomic E-state index is 11.7. The summed E-state index contributed by atoms with van der Waals surface area (Å²) in [6.07, 6.45) is 0. The fourth-order valence-corrected chi connectivity index (χ4v) is 2.16. The number of nitrogen functional groups attached to an aromatic ring is 1. The van der Waals surface area contributed by atoms with Gasteiger partial charge in [-0.1, -0.05) is 0 Å². The highest BCUT2D eigenvalue weighted by atomic mass is 32.1. The number of carbonyl (C=O) groups is 1. The van der Waals surface area contributed by atoms with E-state index in [2.05, 4.69) is 15.6 Å². The molecule has 0 bridgehead atoms. The van der Waals surface area contributed by atoms with Gasteiger partial charge >= 0.3 is 6.03 Å². The molecule has 18 heavy (non-hydrogen) atoms. The Hall–Kier alpha value is -2.08. The van der Waals surface area contributed by atoms with E-state index in [-0.39, 0.29) is 6.03 Å². The van der Waals surface area contributed by atoms with Crippen molar-refractivity contribution in [3.63, 3.8) is 0 Å². The number of nitrogens with one attached hydrogen (secondary N) is 2. The SMILES string of the molecule is Cc1nc(NC(=O)Nc2ccc(N)cc2)sc1C. The van der Waals surface area contributed by atoms with Crippen molar-refractivity contribution in [2.24, 2.45) is 0 Å². The van der Waals surface area contributed by atoms with Gasteiger partial charge in [-0.15, -0.1) is 11.3 Å². The van der Waals surface area contributed by atoms with Crippen LogP contribution in [0, 0.1) is 13.8 Å². The molecule has 2 rings (SSSR count). The van der Waals surface area contributed by atoms with Crippen LogP contribution in [0.3, 0.4) is 0 Å². The van der Waals surface area contributed by atoms with Crippen LogP contribution in [0.2, 0.25) is 0 Å². The number of thiazole rings is 1. The van der Waals surface area contributed by atoms with Gasteiger partial charge in [-0.2, -0.15) is 0 Å². The van der Waals surface area contributed by atoms with Gasteiger partial charge in [0.25, 0.3) is 0 Å². The van der Waals surface area contributed by atoms with Gasteiger partial charge in [0.05, 0.1) is 5.69 Å². The van der Waals surface area contributed by atoms with Crippen molar-refractivity contribution < 1.29 is 4.79 Å². The first-order chi connectivity index (χ1) is 8.54. The number of amides is 2. The Morgan fingerprint density at radius 1 is 1.22 bits per heavy atom.